The van der Waals surface area contributed by atoms with E-state index in [1.165, 1.54) is 0 Å². The van der Waals surface area contributed by atoms with Crippen LogP contribution in [0.5, 0.6) is 0 Å². The minimum Gasteiger partial charge on any atom is -0.307 e. The van der Waals surface area contributed by atoms with E-state index in [9.17, 15) is 4.79 Å². The summed E-state index contributed by atoms with van der Waals surface area (Å²) in [5.41, 5.74) is 2.79. The number of hydrogen-bond acceptors (Lipinski definition) is 3. The number of rotatable bonds is 2. The van der Waals surface area contributed by atoms with Gasteiger partial charge in [-0.05, 0) is 49.7 Å². The lowest BCUT2D eigenvalue weighted by Gasteiger charge is -2.06. The summed E-state index contributed by atoms with van der Waals surface area (Å²) in [5.74, 6) is 0.250. The summed E-state index contributed by atoms with van der Waals surface area (Å²) in [4.78, 5) is 16.3. The molecule has 0 radical (unpaired) electrons. The molecule has 0 atom stereocenters. The van der Waals surface area contributed by atoms with Gasteiger partial charge in [0.1, 0.15) is 5.82 Å². The predicted molar refractivity (Wildman–Crippen MR) is 72.8 cm³/mol. The fourth-order valence-electron chi connectivity index (χ4n) is 1.82. The van der Waals surface area contributed by atoms with Crippen LogP contribution in [0, 0.1) is 25.2 Å². The smallest absolute Gasteiger partial charge is 0.256 e. The van der Waals surface area contributed by atoms with Crippen molar-refractivity contribution in [2.24, 2.45) is 0 Å². The number of hydrogen-bond donors (Lipinski definition) is 1. The monoisotopic (exact) mass is 251 g/mol. The van der Waals surface area contributed by atoms with Gasteiger partial charge in [-0.2, -0.15) is 5.26 Å². The second kappa shape index (κ2) is 5.32. The molecule has 1 aromatic heterocycles. The molecule has 1 heterocycles. The van der Waals surface area contributed by atoms with E-state index in [1.54, 1.807) is 30.3 Å². The van der Waals surface area contributed by atoms with Crippen molar-refractivity contribution in [2.75, 3.05) is 5.32 Å². The third-order valence-electron chi connectivity index (χ3n) is 2.59. The van der Waals surface area contributed by atoms with Crippen LogP contribution in [-0.4, -0.2) is 10.9 Å². The lowest BCUT2D eigenvalue weighted by atomic mass is 10.1. The third kappa shape index (κ3) is 3.17. The van der Waals surface area contributed by atoms with Crippen LogP contribution >= 0.6 is 0 Å². The standard InChI is InChI=1S/C15H13N3O/c1-10-6-11(2)17-14(7-10)18-15(19)13-5-3-4-12(8-13)9-16/h3-8H,1-2H3,(H,17,18,19). The Kier molecular flexibility index (Phi) is 3.58. The number of nitrogens with one attached hydrogen (secondary N) is 1. The number of carbonyl (C=O) groups excluding carboxylic acids is 1. The van der Waals surface area contributed by atoms with Crippen LogP contribution in [0.1, 0.15) is 27.2 Å². The van der Waals surface area contributed by atoms with Crippen molar-refractivity contribution in [3.63, 3.8) is 0 Å². The summed E-state index contributed by atoms with van der Waals surface area (Å²) in [6.45, 7) is 3.82. The first-order valence-electron chi connectivity index (χ1n) is 5.85. The molecule has 94 valence electrons. The number of amides is 1. The highest BCUT2D eigenvalue weighted by atomic mass is 16.1. The first kappa shape index (κ1) is 12.8. The molecule has 4 nitrogen and oxygen atoms in total. The molecule has 0 unspecified atom stereocenters. The third-order valence-corrected chi connectivity index (χ3v) is 2.59. The van der Waals surface area contributed by atoms with Gasteiger partial charge in [-0.15, -0.1) is 0 Å². The number of carbonyl (C=O) groups is 1. The minimum atomic E-state index is -0.269. The van der Waals surface area contributed by atoms with Crippen LogP contribution in [-0.2, 0) is 0 Å². The van der Waals surface area contributed by atoms with E-state index in [4.69, 9.17) is 5.26 Å². The molecule has 0 aliphatic heterocycles. The van der Waals surface area contributed by atoms with Crippen molar-refractivity contribution in [3.05, 3.63) is 58.8 Å². The molecule has 0 aliphatic carbocycles. The lowest BCUT2D eigenvalue weighted by Crippen LogP contribution is -2.13. The molecule has 19 heavy (non-hydrogen) atoms. The molecular weight excluding hydrogens is 238 g/mol. The Morgan fingerprint density at radius 2 is 2.05 bits per heavy atom. The zero-order chi connectivity index (χ0) is 13.8. The molecule has 4 heteroatoms. The van der Waals surface area contributed by atoms with Gasteiger partial charge in [0, 0.05) is 11.3 Å². The fourth-order valence-corrected chi connectivity index (χ4v) is 1.82. The Balaban J connectivity index is 2.23. The van der Waals surface area contributed by atoms with Crippen LogP contribution < -0.4 is 5.32 Å². The quantitative estimate of drug-likeness (QED) is 0.892. The van der Waals surface area contributed by atoms with Crippen molar-refractivity contribution in [2.45, 2.75) is 13.8 Å². The van der Waals surface area contributed by atoms with E-state index in [1.807, 2.05) is 26.0 Å². The summed E-state index contributed by atoms with van der Waals surface area (Å²) >= 11 is 0. The highest BCUT2D eigenvalue weighted by Crippen LogP contribution is 2.11. The van der Waals surface area contributed by atoms with Gasteiger partial charge in [-0.1, -0.05) is 6.07 Å². The van der Waals surface area contributed by atoms with Crippen molar-refractivity contribution < 1.29 is 4.79 Å². The molecule has 2 rings (SSSR count). The predicted octanol–water partition coefficient (Wildman–Crippen LogP) is 2.82. The summed E-state index contributed by atoms with van der Waals surface area (Å²) in [5, 5.41) is 11.5. The van der Waals surface area contributed by atoms with E-state index in [-0.39, 0.29) is 5.91 Å². The molecule has 2 aromatic rings. The number of pyridine rings is 1. The molecule has 0 saturated carbocycles. The Hall–Kier alpha value is -2.67. The summed E-state index contributed by atoms with van der Waals surface area (Å²) in [6.07, 6.45) is 0. The molecule has 0 aliphatic rings. The molecule has 1 aromatic carbocycles. The van der Waals surface area contributed by atoms with Crippen LogP contribution in [0.4, 0.5) is 5.82 Å². The van der Waals surface area contributed by atoms with Crippen molar-refractivity contribution in [1.29, 1.82) is 5.26 Å². The average Bonchev–Trinajstić information content (AvgIpc) is 2.37. The maximum absolute atomic E-state index is 12.0. The molecule has 0 saturated heterocycles. The van der Waals surface area contributed by atoms with Gasteiger partial charge in [0.2, 0.25) is 0 Å². The number of anilines is 1. The number of nitrogens with zero attached hydrogens (tertiary/aromatic N) is 2. The van der Waals surface area contributed by atoms with Crippen LogP contribution in [0.25, 0.3) is 0 Å². The van der Waals surface area contributed by atoms with Gasteiger partial charge in [0.25, 0.3) is 5.91 Å². The van der Waals surface area contributed by atoms with Crippen LogP contribution in [0.15, 0.2) is 36.4 Å². The fraction of sp³-hybridized carbons (Fsp3) is 0.133. The molecule has 1 N–H and O–H groups in total. The van der Waals surface area contributed by atoms with E-state index in [2.05, 4.69) is 10.3 Å². The van der Waals surface area contributed by atoms with Crippen molar-refractivity contribution in [1.82, 2.24) is 4.98 Å². The largest absolute Gasteiger partial charge is 0.307 e. The maximum Gasteiger partial charge on any atom is 0.256 e. The molecular formula is C15H13N3O. The van der Waals surface area contributed by atoms with Gasteiger partial charge in [0.15, 0.2) is 0 Å². The second-order valence-corrected chi connectivity index (χ2v) is 4.32. The number of nitriles is 1. The molecule has 0 fully saturated rings. The van der Waals surface area contributed by atoms with E-state index >= 15 is 0 Å². The topological polar surface area (TPSA) is 65.8 Å². The lowest BCUT2D eigenvalue weighted by molar-refractivity contribution is 0.102. The highest BCUT2D eigenvalue weighted by molar-refractivity contribution is 6.04. The Labute approximate surface area is 111 Å². The number of benzene rings is 1. The first-order chi connectivity index (χ1) is 9.08. The second-order valence-electron chi connectivity index (χ2n) is 4.32. The molecule has 1 amide bonds. The highest BCUT2D eigenvalue weighted by Gasteiger charge is 2.08. The van der Waals surface area contributed by atoms with E-state index < -0.39 is 0 Å². The van der Waals surface area contributed by atoms with Crippen LogP contribution in [0.3, 0.4) is 0 Å². The van der Waals surface area contributed by atoms with Gasteiger partial charge in [0.05, 0.1) is 11.6 Å². The minimum absolute atomic E-state index is 0.269. The normalized spacial score (nSPS) is 9.74. The average molecular weight is 251 g/mol. The molecule has 0 bridgehead atoms. The Morgan fingerprint density at radius 3 is 2.74 bits per heavy atom. The van der Waals surface area contributed by atoms with Crippen molar-refractivity contribution >= 4 is 11.7 Å². The van der Waals surface area contributed by atoms with Gasteiger partial charge in [-0.25, -0.2) is 4.98 Å². The zero-order valence-electron chi connectivity index (χ0n) is 10.8. The summed E-state index contributed by atoms with van der Waals surface area (Å²) in [6, 6.07) is 12.3. The molecule has 0 spiro atoms. The van der Waals surface area contributed by atoms with Crippen LogP contribution in [0.2, 0.25) is 0 Å². The number of aryl methyl sites for hydroxylation is 2. The van der Waals surface area contributed by atoms with Crippen molar-refractivity contribution in [3.8, 4) is 6.07 Å². The van der Waals surface area contributed by atoms with E-state index in [0.717, 1.165) is 11.3 Å². The summed E-state index contributed by atoms with van der Waals surface area (Å²) in [7, 11) is 0. The van der Waals surface area contributed by atoms with Gasteiger partial charge >= 0.3 is 0 Å². The first-order valence-corrected chi connectivity index (χ1v) is 5.85. The Morgan fingerprint density at radius 1 is 1.26 bits per heavy atom. The Bertz CT molecular complexity index is 651. The van der Waals surface area contributed by atoms with Gasteiger partial charge in [-0.3, -0.25) is 4.79 Å². The maximum atomic E-state index is 12.0. The van der Waals surface area contributed by atoms with E-state index in [0.29, 0.717) is 16.9 Å². The van der Waals surface area contributed by atoms with Gasteiger partial charge < -0.3 is 5.32 Å². The SMILES string of the molecule is Cc1cc(C)nc(NC(=O)c2cccc(C#N)c2)c1. The number of aromatic nitrogens is 1. The summed E-state index contributed by atoms with van der Waals surface area (Å²) < 4.78 is 0. The zero-order valence-corrected chi connectivity index (χ0v) is 10.8.